The second-order valence-corrected chi connectivity index (χ2v) is 6.16. The highest BCUT2D eigenvalue weighted by Crippen LogP contribution is 2.34. The summed E-state index contributed by atoms with van der Waals surface area (Å²) in [5.41, 5.74) is 6.56. The first kappa shape index (κ1) is 16.0. The van der Waals surface area contributed by atoms with Crippen LogP contribution >= 0.6 is 0 Å². The van der Waals surface area contributed by atoms with E-state index in [1.165, 1.54) is 57.8 Å². The average molecular weight is 255 g/mol. The van der Waals surface area contributed by atoms with E-state index in [0.717, 1.165) is 25.6 Å². The number of hydrogen-bond donors (Lipinski definition) is 1. The fraction of sp³-hybridized carbons (Fsp3) is 1.00. The number of hydrogen-bond acceptors (Lipinski definition) is 2. The van der Waals surface area contributed by atoms with Gasteiger partial charge in [0.2, 0.25) is 0 Å². The third-order valence-electron chi connectivity index (χ3n) is 4.45. The predicted octanol–water partition coefficient (Wildman–Crippen LogP) is 4.27. The monoisotopic (exact) mass is 255 g/mol. The van der Waals surface area contributed by atoms with Crippen LogP contribution in [-0.4, -0.2) is 18.8 Å². The van der Waals surface area contributed by atoms with Crippen molar-refractivity contribution in [3.63, 3.8) is 0 Å². The van der Waals surface area contributed by atoms with E-state index in [9.17, 15) is 0 Å². The van der Waals surface area contributed by atoms with Crippen LogP contribution in [0.2, 0.25) is 0 Å². The number of rotatable bonds is 9. The van der Waals surface area contributed by atoms with Gasteiger partial charge in [0.1, 0.15) is 0 Å². The molecule has 2 nitrogen and oxygen atoms in total. The Hall–Kier alpha value is -0.0800. The zero-order valence-electron chi connectivity index (χ0n) is 12.5. The molecule has 0 atom stereocenters. The molecule has 0 saturated heterocycles. The molecular formula is C16H33NO. The van der Waals surface area contributed by atoms with Crippen molar-refractivity contribution in [3.8, 4) is 0 Å². The molecule has 2 N–H and O–H groups in total. The molecule has 108 valence electrons. The van der Waals surface area contributed by atoms with E-state index >= 15 is 0 Å². The fourth-order valence-corrected chi connectivity index (χ4v) is 2.91. The lowest BCUT2D eigenvalue weighted by molar-refractivity contribution is 0.0966. The molecule has 0 spiro atoms. The quantitative estimate of drug-likeness (QED) is 0.624. The number of ether oxygens (including phenoxy) is 1. The molecule has 1 aliphatic rings. The van der Waals surface area contributed by atoms with E-state index in [1.807, 2.05) is 0 Å². The fourth-order valence-electron chi connectivity index (χ4n) is 2.91. The van der Waals surface area contributed by atoms with Gasteiger partial charge >= 0.3 is 0 Å². The summed E-state index contributed by atoms with van der Waals surface area (Å²) in [6.45, 7) is 6.25. The van der Waals surface area contributed by atoms with Gasteiger partial charge in [-0.15, -0.1) is 0 Å². The van der Waals surface area contributed by atoms with Crippen LogP contribution in [0, 0.1) is 5.92 Å². The van der Waals surface area contributed by atoms with Crippen molar-refractivity contribution >= 4 is 0 Å². The first-order chi connectivity index (χ1) is 8.70. The number of unbranched alkanes of at least 4 members (excludes halogenated alkanes) is 2. The molecule has 0 aliphatic heterocycles. The SMILES string of the molecule is CCCCOCCC1(N)CCC(CCCC)CC1. The molecule has 2 heteroatoms. The van der Waals surface area contributed by atoms with E-state index in [1.54, 1.807) is 0 Å². The van der Waals surface area contributed by atoms with Gasteiger partial charge in [-0.05, 0) is 44.4 Å². The van der Waals surface area contributed by atoms with E-state index < -0.39 is 0 Å². The molecular weight excluding hydrogens is 222 g/mol. The lowest BCUT2D eigenvalue weighted by Crippen LogP contribution is -2.44. The summed E-state index contributed by atoms with van der Waals surface area (Å²) in [6.07, 6.45) is 12.7. The maximum absolute atomic E-state index is 6.48. The molecule has 18 heavy (non-hydrogen) atoms. The van der Waals surface area contributed by atoms with Gasteiger partial charge in [0.25, 0.3) is 0 Å². The molecule has 0 amide bonds. The Morgan fingerprint density at radius 3 is 2.33 bits per heavy atom. The molecule has 1 saturated carbocycles. The molecule has 0 radical (unpaired) electrons. The highest BCUT2D eigenvalue weighted by Gasteiger charge is 2.30. The van der Waals surface area contributed by atoms with Crippen molar-refractivity contribution in [1.82, 2.24) is 0 Å². The molecule has 1 aliphatic carbocycles. The Labute approximate surface area is 114 Å². The second kappa shape index (κ2) is 8.92. The first-order valence-corrected chi connectivity index (χ1v) is 8.07. The van der Waals surface area contributed by atoms with Crippen LogP contribution in [0.15, 0.2) is 0 Å². The lowest BCUT2D eigenvalue weighted by Gasteiger charge is -2.37. The van der Waals surface area contributed by atoms with Crippen molar-refractivity contribution in [1.29, 1.82) is 0 Å². The van der Waals surface area contributed by atoms with Gasteiger partial charge in [0, 0.05) is 18.8 Å². The minimum absolute atomic E-state index is 0.0783. The summed E-state index contributed by atoms with van der Waals surface area (Å²) < 4.78 is 5.65. The summed E-state index contributed by atoms with van der Waals surface area (Å²) >= 11 is 0. The Morgan fingerprint density at radius 1 is 1.06 bits per heavy atom. The zero-order chi connectivity index (χ0) is 13.3. The van der Waals surface area contributed by atoms with Gasteiger partial charge in [0.15, 0.2) is 0 Å². The molecule has 0 aromatic carbocycles. The molecule has 0 heterocycles. The minimum Gasteiger partial charge on any atom is -0.381 e. The maximum atomic E-state index is 6.48. The Bertz CT molecular complexity index is 192. The molecule has 0 unspecified atom stereocenters. The topological polar surface area (TPSA) is 35.2 Å². The largest absolute Gasteiger partial charge is 0.381 e. The second-order valence-electron chi connectivity index (χ2n) is 6.16. The third-order valence-corrected chi connectivity index (χ3v) is 4.45. The van der Waals surface area contributed by atoms with Gasteiger partial charge in [-0.1, -0.05) is 39.5 Å². The summed E-state index contributed by atoms with van der Waals surface area (Å²) in [6, 6.07) is 0. The maximum Gasteiger partial charge on any atom is 0.0483 e. The third kappa shape index (κ3) is 6.19. The van der Waals surface area contributed by atoms with Gasteiger partial charge < -0.3 is 10.5 Å². The Kier molecular flexibility index (Phi) is 7.92. The van der Waals surface area contributed by atoms with Crippen LogP contribution in [0.25, 0.3) is 0 Å². The minimum atomic E-state index is 0.0783. The molecule has 1 fully saturated rings. The van der Waals surface area contributed by atoms with Gasteiger partial charge in [-0.2, -0.15) is 0 Å². The van der Waals surface area contributed by atoms with E-state index in [2.05, 4.69) is 13.8 Å². The highest BCUT2D eigenvalue weighted by atomic mass is 16.5. The number of nitrogens with two attached hydrogens (primary N) is 1. The van der Waals surface area contributed by atoms with Crippen molar-refractivity contribution in [2.45, 2.75) is 83.6 Å². The van der Waals surface area contributed by atoms with Gasteiger partial charge in [0.05, 0.1) is 0 Å². The van der Waals surface area contributed by atoms with Crippen LogP contribution in [-0.2, 0) is 4.74 Å². The Balaban J connectivity index is 2.10. The zero-order valence-corrected chi connectivity index (χ0v) is 12.5. The van der Waals surface area contributed by atoms with Crippen LogP contribution in [0.3, 0.4) is 0 Å². The van der Waals surface area contributed by atoms with Crippen molar-refractivity contribution in [2.24, 2.45) is 11.7 Å². The smallest absolute Gasteiger partial charge is 0.0483 e. The van der Waals surface area contributed by atoms with Crippen LogP contribution < -0.4 is 5.73 Å². The molecule has 1 rings (SSSR count). The van der Waals surface area contributed by atoms with Gasteiger partial charge in [-0.25, -0.2) is 0 Å². The van der Waals surface area contributed by atoms with Crippen LogP contribution in [0.1, 0.15) is 78.1 Å². The van der Waals surface area contributed by atoms with E-state index in [4.69, 9.17) is 10.5 Å². The van der Waals surface area contributed by atoms with Crippen molar-refractivity contribution in [3.05, 3.63) is 0 Å². The lowest BCUT2D eigenvalue weighted by atomic mass is 9.74. The van der Waals surface area contributed by atoms with Crippen molar-refractivity contribution < 1.29 is 4.74 Å². The van der Waals surface area contributed by atoms with Crippen molar-refractivity contribution in [2.75, 3.05) is 13.2 Å². The van der Waals surface area contributed by atoms with Gasteiger partial charge in [-0.3, -0.25) is 0 Å². The summed E-state index contributed by atoms with van der Waals surface area (Å²) in [5.74, 6) is 0.947. The normalized spacial score (nSPS) is 28.5. The molecule has 0 aromatic rings. The standard InChI is InChI=1S/C16H33NO/c1-3-5-7-15-8-10-16(17,11-9-15)12-14-18-13-6-4-2/h15H,3-14,17H2,1-2H3. The molecule has 0 aromatic heterocycles. The average Bonchev–Trinajstić information content (AvgIpc) is 2.38. The Morgan fingerprint density at radius 2 is 1.72 bits per heavy atom. The van der Waals surface area contributed by atoms with Crippen LogP contribution in [0.5, 0.6) is 0 Å². The predicted molar refractivity (Wildman–Crippen MR) is 78.7 cm³/mol. The van der Waals surface area contributed by atoms with E-state index in [0.29, 0.717) is 0 Å². The summed E-state index contributed by atoms with van der Waals surface area (Å²) in [7, 11) is 0. The van der Waals surface area contributed by atoms with Crippen LogP contribution in [0.4, 0.5) is 0 Å². The highest BCUT2D eigenvalue weighted by molar-refractivity contribution is 4.89. The first-order valence-electron chi connectivity index (χ1n) is 8.07. The molecule has 0 bridgehead atoms. The van der Waals surface area contributed by atoms with E-state index in [-0.39, 0.29) is 5.54 Å². The summed E-state index contributed by atoms with van der Waals surface area (Å²) in [4.78, 5) is 0. The summed E-state index contributed by atoms with van der Waals surface area (Å²) in [5, 5.41) is 0.